The van der Waals surface area contributed by atoms with E-state index in [9.17, 15) is 9.18 Å². The second kappa shape index (κ2) is 7.45. The fourth-order valence-electron chi connectivity index (χ4n) is 2.04. The molecule has 22 heavy (non-hydrogen) atoms. The van der Waals surface area contributed by atoms with Crippen molar-refractivity contribution in [1.29, 1.82) is 0 Å². The van der Waals surface area contributed by atoms with E-state index in [0.29, 0.717) is 18.8 Å². The maximum Gasteiger partial charge on any atom is 0.310 e. The molecule has 0 heterocycles. The third-order valence-corrected chi connectivity index (χ3v) is 3.20. The Balaban J connectivity index is 1.97. The van der Waals surface area contributed by atoms with E-state index in [1.54, 1.807) is 31.2 Å². The van der Waals surface area contributed by atoms with Crippen LogP contribution < -0.4 is 11.1 Å². The molecule has 116 valence electrons. The molecule has 0 saturated heterocycles. The lowest BCUT2D eigenvalue weighted by atomic mass is 10.1. The Hall–Kier alpha value is -2.56. The van der Waals surface area contributed by atoms with E-state index in [2.05, 4.69) is 5.32 Å². The Morgan fingerprint density at radius 2 is 1.95 bits per heavy atom. The second-order valence-corrected chi connectivity index (χ2v) is 4.88. The van der Waals surface area contributed by atoms with Crippen molar-refractivity contribution >= 4 is 17.3 Å². The van der Waals surface area contributed by atoms with E-state index in [0.717, 1.165) is 16.8 Å². The molecule has 4 nitrogen and oxygen atoms in total. The first-order valence-corrected chi connectivity index (χ1v) is 7.11. The maximum atomic E-state index is 12.8. The summed E-state index contributed by atoms with van der Waals surface area (Å²) in [6.45, 7) is 2.69. The van der Waals surface area contributed by atoms with Gasteiger partial charge in [-0.05, 0) is 42.3 Å². The summed E-state index contributed by atoms with van der Waals surface area (Å²) in [4.78, 5) is 11.5. The quantitative estimate of drug-likeness (QED) is 0.635. The van der Waals surface area contributed by atoms with Crippen LogP contribution in [0.2, 0.25) is 0 Å². The Bertz CT molecular complexity index is 642. The number of halogens is 1. The minimum atomic E-state index is -0.291. The van der Waals surface area contributed by atoms with Crippen LogP contribution in [0, 0.1) is 5.82 Å². The van der Waals surface area contributed by atoms with E-state index >= 15 is 0 Å². The monoisotopic (exact) mass is 302 g/mol. The number of ether oxygens (including phenoxy) is 1. The Kier molecular flexibility index (Phi) is 5.36. The van der Waals surface area contributed by atoms with Crippen LogP contribution in [0.5, 0.6) is 0 Å². The molecule has 0 fully saturated rings. The highest BCUT2D eigenvalue weighted by Gasteiger charge is 2.08. The summed E-state index contributed by atoms with van der Waals surface area (Å²) < 4.78 is 17.7. The molecular formula is C17H19FN2O2. The van der Waals surface area contributed by atoms with Crippen LogP contribution >= 0.6 is 0 Å². The van der Waals surface area contributed by atoms with Crippen LogP contribution in [-0.2, 0) is 22.5 Å². The summed E-state index contributed by atoms with van der Waals surface area (Å²) in [5.41, 5.74) is 9.05. The van der Waals surface area contributed by atoms with Gasteiger partial charge in [-0.3, -0.25) is 4.79 Å². The van der Waals surface area contributed by atoms with Gasteiger partial charge in [-0.1, -0.05) is 18.2 Å². The summed E-state index contributed by atoms with van der Waals surface area (Å²) >= 11 is 0. The van der Waals surface area contributed by atoms with Crippen molar-refractivity contribution in [2.45, 2.75) is 19.9 Å². The van der Waals surface area contributed by atoms with Gasteiger partial charge in [0.15, 0.2) is 0 Å². The molecule has 0 spiro atoms. The SMILES string of the molecule is CCOC(=O)Cc1ccc(NCc2ccc(F)cc2)cc1N. The Morgan fingerprint density at radius 3 is 2.59 bits per heavy atom. The number of hydrogen-bond acceptors (Lipinski definition) is 4. The number of nitrogens with two attached hydrogens (primary N) is 1. The number of nitrogens with one attached hydrogen (secondary N) is 1. The van der Waals surface area contributed by atoms with Gasteiger partial charge < -0.3 is 15.8 Å². The Morgan fingerprint density at radius 1 is 1.23 bits per heavy atom. The topological polar surface area (TPSA) is 64.3 Å². The lowest BCUT2D eigenvalue weighted by molar-refractivity contribution is -0.142. The third-order valence-electron chi connectivity index (χ3n) is 3.20. The molecule has 0 saturated carbocycles. The largest absolute Gasteiger partial charge is 0.466 e. The first-order chi connectivity index (χ1) is 10.6. The van der Waals surface area contributed by atoms with Gasteiger partial charge in [-0.25, -0.2) is 4.39 Å². The minimum Gasteiger partial charge on any atom is -0.466 e. The van der Waals surface area contributed by atoms with E-state index in [1.807, 2.05) is 6.07 Å². The molecule has 0 unspecified atom stereocenters. The zero-order chi connectivity index (χ0) is 15.9. The van der Waals surface area contributed by atoms with Crippen molar-refractivity contribution in [2.24, 2.45) is 0 Å². The van der Waals surface area contributed by atoms with Crippen molar-refractivity contribution in [3.8, 4) is 0 Å². The number of rotatable bonds is 6. The summed E-state index contributed by atoms with van der Waals surface area (Å²) in [6, 6.07) is 11.7. The fourth-order valence-corrected chi connectivity index (χ4v) is 2.04. The number of carbonyl (C=O) groups excluding carboxylic acids is 1. The first-order valence-electron chi connectivity index (χ1n) is 7.11. The van der Waals surface area contributed by atoms with Crippen LogP contribution in [0.25, 0.3) is 0 Å². The van der Waals surface area contributed by atoms with Crippen molar-refractivity contribution in [1.82, 2.24) is 0 Å². The molecule has 0 bridgehead atoms. The Labute approximate surface area is 129 Å². The van der Waals surface area contributed by atoms with Crippen LogP contribution in [0.3, 0.4) is 0 Å². The average Bonchev–Trinajstić information content (AvgIpc) is 2.49. The molecule has 0 aliphatic heterocycles. The van der Waals surface area contributed by atoms with Gasteiger partial charge in [0.25, 0.3) is 0 Å². The number of nitrogen functional groups attached to an aromatic ring is 1. The predicted molar refractivity (Wildman–Crippen MR) is 84.9 cm³/mol. The van der Waals surface area contributed by atoms with Gasteiger partial charge in [0.05, 0.1) is 13.0 Å². The fraction of sp³-hybridized carbons (Fsp3) is 0.235. The third kappa shape index (κ3) is 4.48. The van der Waals surface area contributed by atoms with Crippen LogP contribution in [0.1, 0.15) is 18.1 Å². The second-order valence-electron chi connectivity index (χ2n) is 4.88. The van der Waals surface area contributed by atoms with Crippen molar-refractivity contribution in [2.75, 3.05) is 17.7 Å². The zero-order valence-corrected chi connectivity index (χ0v) is 12.4. The molecule has 5 heteroatoms. The molecule has 2 aromatic carbocycles. The van der Waals surface area contributed by atoms with Crippen LogP contribution in [0.4, 0.5) is 15.8 Å². The molecule has 0 aliphatic carbocycles. The molecule has 0 aromatic heterocycles. The van der Waals surface area contributed by atoms with Crippen molar-refractivity contribution < 1.29 is 13.9 Å². The van der Waals surface area contributed by atoms with E-state index < -0.39 is 0 Å². The molecule has 0 aliphatic rings. The standard InChI is InChI=1S/C17H19FN2O2/c1-2-22-17(21)9-13-5-8-15(10-16(13)19)20-11-12-3-6-14(18)7-4-12/h3-8,10,20H,2,9,11,19H2,1H3. The number of carbonyl (C=O) groups is 1. The minimum absolute atomic E-state index is 0.165. The molecule has 3 N–H and O–H groups in total. The number of anilines is 2. The van der Waals surface area contributed by atoms with Gasteiger partial charge in [0.1, 0.15) is 5.82 Å². The molecule has 0 amide bonds. The molecular weight excluding hydrogens is 283 g/mol. The summed E-state index contributed by atoms with van der Waals surface area (Å²) in [6.07, 6.45) is 0.165. The van der Waals surface area contributed by atoms with Gasteiger partial charge in [-0.15, -0.1) is 0 Å². The highest BCUT2D eigenvalue weighted by molar-refractivity contribution is 5.75. The highest BCUT2D eigenvalue weighted by atomic mass is 19.1. The maximum absolute atomic E-state index is 12.8. The number of benzene rings is 2. The molecule has 0 radical (unpaired) electrons. The van der Waals surface area contributed by atoms with Crippen molar-refractivity contribution in [3.63, 3.8) is 0 Å². The van der Waals surface area contributed by atoms with Gasteiger partial charge in [0.2, 0.25) is 0 Å². The normalized spacial score (nSPS) is 10.3. The number of hydrogen-bond donors (Lipinski definition) is 2. The summed E-state index contributed by atoms with van der Waals surface area (Å²) in [5, 5.41) is 3.21. The summed E-state index contributed by atoms with van der Waals surface area (Å²) in [7, 11) is 0. The van der Waals surface area contributed by atoms with Gasteiger partial charge >= 0.3 is 5.97 Å². The van der Waals surface area contributed by atoms with E-state index in [1.165, 1.54) is 12.1 Å². The lowest BCUT2D eigenvalue weighted by Crippen LogP contribution is -2.09. The molecule has 0 atom stereocenters. The molecule has 2 rings (SSSR count). The van der Waals surface area contributed by atoms with Gasteiger partial charge in [0, 0.05) is 17.9 Å². The van der Waals surface area contributed by atoms with E-state index in [-0.39, 0.29) is 18.2 Å². The smallest absolute Gasteiger partial charge is 0.310 e. The zero-order valence-electron chi connectivity index (χ0n) is 12.4. The summed E-state index contributed by atoms with van der Waals surface area (Å²) in [5.74, 6) is -0.544. The van der Waals surface area contributed by atoms with Crippen LogP contribution in [-0.4, -0.2) is 12.6 Å². The van der Waals surface area contributed by atoms with Gasteiger partial charge in [-0.2, -0.15) is 0 Å². The van der Waals surface area contributed by atoms with E-state index in [4.69, 9.17) is 10.5 Å². The van der Waals surface area contributed by atoms with Crippen LogP contribution in [0.15, 0.2) is 42.5 Å². The first kappa shape index (κ1) is 15.8. The number of esters is 1. The molecule has 2 aromatic rings. The van der Waals surface area contributed by atoms with Crippen molar-refractivity contribution in [3.05, 3.63) is 59.4 Å². The highest BCUT2D eigenvalue weighted by Crippen LogP contribution is 2.19. The lowest BCUT2D eigenvalue weighted by Gasteiger charge is -2.10. The predicted octanol–water partition coefficient (Wildman–Crippen LogP) is 3.13. The average molecular weight is 302 g/mol.